The van der Waals surface area contributed by atoms with Crippen molar-refractivity contribution in [2.24, 2.45) is 5.73 Å². The third kappa shape index (κ3) is 8.83. The number of aliphatic hydroxyl groups is 1. The summed E-state index contributed by atoms with van der Waals surface area (Å²) in [4.78, 5) is 73.8. The zero-order valence-corrected chi connectivity index (χ0v) is 22.6. The molecular formula is C18H24N3O16P3. The number of hydrogen-bond donors (Lipinski definition) is 8. The zero-order chi connectivity index (χ0) is 30.0. The second kappa shape index (κ2) is 12.3. The molecule has 1 aromatic carbocycles. The number of nitrogens with one attached hydrogen (secondary N) is 1. The fourth-order valence-corrected chi connectivity index (χ4v) is 6.60. The maximum atomic E-state index is 12.5. The Morgan fingerprint density at radius 1 is 1.10 bits per heavy atom. The van der Waals surface area contributed by atoms with Crippen molar-refractivity contribution in [2.45, 2.75) is 37.3 Å². The molecule has 3 rings (SSSR count). The number of H-pyrrole nitrogens is 1. The lowest BCUT2D eigenvalue weighted by molar-refractivity contribution is -0.138. The first-order valence-electron chi connectivity index (χ1n) is 10.9. The molecule has 1 aliphatic heterocycles. The minimum atomic E-state index is -5.75. The molecule has 19 nitrogen and oxygen atoms in total. The number of aliphatic hydroxyl groups excluding tert-OH is 1. The van der Waals surface area contributed by atoms with Crippen molar-refractivity contribution in [1.82, 2.24) is 9.55 Å². The average Bonchev–Trinajstić information content (AvgIpc) is 3.16. The molecule has 2 unspecified atom stereocenters. The monoisotopic (exact) mass is 631 g/mol. The molecular weight excluding hydrogens is 607 g/mol. The topological polar surface area (TPSA) is 307 Å². The molecule has 6 atom stereocenters. The van der Waals surface area contributed by atoms with E-state index in [1.165, 1.54) is 12.1 Å². The first-order valence-corrected chi connectivity index (χ1v) is 15.4. The van der Waals surface area contributed by atoms with Gasteiger partial charge in [-0.2, -0.15) is 8.62 Å². The van der Waals surface area contributed by atoms with E-state index < -0.39 is 71.8 Å². The lowest BCUT2D eigenvalue weighted by atomic mass is 10.0. The van der Waals surface area contributed by atoms with Gasteiger partial charge in [0.25, 0.3) is 5.56 Å². The normalized spacial score (nSPS) is 23.3. The van der Waals surface area contributed by atoms with E-state index >= 15 is 0 Å². The van der Waals surface area contributed by atoms with E-state index in [0.717, 1.165) is 10.8 Å². The Labute approximate surface area is 223 Å². The molecule has 2 aromatic rings. The molecule has 0 amide bonds. The molecule has 0 saturated carbocycles. The number of aliphatic carboxylic acids is 1. The van der Waals surface area contributed by atoms with Gasteiger partial charge in [0.05, 0.1) is 18.3 Å². The standard InChI is InChI=1S/C18H24N3O16P3/c19-12(17(24)25)5-9-1-3-10(4-2-9)11-7-21(18(26)20-16(11)23)15-6-13(22)14(35-15)8-34-39(30,31)37-40(32,33)36-38(27,28)29/h1-4,7,12-15,22H,5-6,8,19H2,(H,24,25)(H,30,31)(H,32,33)(H,20,23,26)(H2,27,28,29)/t12-,13-,14+,15+/m0/s1. The smallest absolute Gasteiger partial charge is 0.480 e. The number of nitrogens with two attached hydrogens (primary N) is 1. The van der Waals surface area contributed by atoms with Gasteiger partial charge in [-0.25, -0.2) is 18.5 Å². The maximum Gasteiger partial charge on any atom is 0.490 e. The van der Waals surface area contributed by atoms with Crippen LogP contribution >= 0.6 is 23.5 Å². The maximum absolute atomic E-state index is 12.5. The minimum absolute atomic E-state index is 0.00323. The molecule has 40 heavy (non-hydrogen) atoms. The number of carboxylic acid groups (broad SMARTS) is 1. The van der Waals surface area contributed by atoms with Gasteiger partial charge >= 0.3 is 35.1 Å². The molecule has 1 saturated heterocycles. The van der Waals surface area contributed by atoms with Gasteiger partial charge < -0.3 is 40.3 Å². The number of phosphoric acid groups is 3. The van der Waals surface area contributed by atoms with Crippen molar-refractivity contribution in [3.05, 3.63) is 56.9 Å². The van der Waals surface area contributed by atoms with Gasteiger partial charge in [-0.3, -0.25) is 23.7 Å². The quantitative estimate of drug-likeness (QED) is 0.132. The van der Waals surface area contributed by atoms with Crippen LogP contribution in [0.5, 0.6) is 0 Å². The van der Waals surface area contributed by atoms with E-state index in [1.54, 1.807) is 12.1 Å². The summed E-state index contributed by atoms with van der Waals surface area (Å²) in [7, 11) is -16.8. The number of benzene rings is 1. The number of hydrogen-bond acceptors (Lipinski definition) is 12. The molecule has 222 valence electrons. The lowest BCUT2D eigenvalue weighted by Gasteiger charge is -2.19. The number of aromatic amines is 1. The first kappa shape index (κ1) is 32.2. The Morgan fingerprint density at radius 3 is 2.30 bits per heavy atom. The number of ether oxygens (including phenoxy) is 1. The van der Waals surface area contributed by atoms with Crippen molar-refractivity contribution in [1.29, 1.82) is 0 Å². The average molecular weight is 631 g/mol. The Bertz CT molecular complexity index is 1500. The second-order valence-electron chi connectivity index (χ2n) is 8.37. The molecule has 1 fully saturated rings. The fraction of sp³-hybridized carbons (Fsp3) is 0.389. The van der Waals surface area contributed by atoms with Gasteiger partial charge in [0.1, 0.15) is 18.4 Å². The van der Waals surface area contributed by atoms with Crippen molar-refractivity contribution < 1.29 is 66.2 Å². The number of phosphoric ester groups is 1. The Balaban J connectivity index is 1.72. The highest BCUT2D eigenvalue weighted by Crippen LogP contribution is 2.66. The molecule has 0 bridgehead atoms. The lowest BCUT2D eigenvalue weighted by Crippen LogP contribution is -2.33. The number of carbonyl (C=O) groups is 1. The first-order chi connectivity index (χ1) is 18.4. The summed E-state index contributed by atoms with van der Waals surface area (Å²) >= 11 is 0. The van der Waals surface area contributed by atoms with E-state index in [9.17, 15) is 43.0 Å². The van der Waals surface area contributed by atoms with Crippen LogP contribution < -0.4 is 17.0 Å². The van der Waals surface area contributed by atoms with Gasteiger partial charge in [-0.1, -0.05) is 24.3 Å². The Morgan fingerprint density at radius 2 is 1.73 bits per heavy atom. The summed E-state index contributed by atoms with van der Waals surface area (Å²) in [6, 6.07) is 4.95. The number of carboxylic acids is 1. The van der Waals surface area contributed by atoms with Crippen LogP contribution in [-0.4, -0.2) is 70.2 Å². The molecule has 0 aliphatic carbocycles. The molecule has 2 heterocycles. The van der Waals surface area contributed by atoms with E-state index in [4.69, 9.17) is 25.4 Å². The van der Waals surface area contributed by atoms with Crippen LogP contribution in [0.3, 0.4) is 0 Å². The number of nitrogens with zero attached hydrogens (tertiary/aromatic N) is 1. The Hall–Kier alpha value is -2.34. The molecule has 0 radical (unpaired) electrons. The van der Waals surface area contributed by atoms with Crippen LogP contribution in [0.1, 0.15) is 18.2 Å². The molecule has 1 aliphatic rings. The molecule has 1 aromatic heterocycles. The summed E-state index contributed by atoms with van der Waals surface area (Å²) in [6.07, 6.45) is -3.16. The van der Waals surface area contributed by atoms with Crippen LogP contribution in [0.25, 0.3) is 11.1 Å². The summed E-state index contributed by atoms with van der Waals surface area (Å²) in [5, 5.41) is 19.2. The highest BCUT2D eigenvalue weighted by Gasteiger charge is 2.43. The summed E-state index contributed by atoms with van der Waals surface area (Å²) < 4.78 is 52.1. The highest BCUT2D eigenvalue weighted by molar-refractivity contribution is 7.66. The van der Waals surface area contributed by atoms with E-state index in [-0.39, 0.29) is 18.4 Å². The van der Waals surface area contributed by atoms with Crippen molar-refractivity contribution in [3.63, 3.8) is 0 Å². The van der Waals surface area contributed by atoms with E-state index in [1.807, 2.05) is 0 Å². The highest BCUT2D eigenvalue weighted by atomic mass is 31.3. The number of rotatable bonds is 12. The second-order valence-corrected chi connectivity index (χ2v) is 12.8. The minimum Gasteiger partial charge on any atom is -0.480 e. The van der Waals surface area contributed by atoms with E-state index in [2.05, 4.69) is 18.1 Å². The summed E-state index contributed by atoms with van der Waals surface area (Å²) in [6.45, 7) is -0.952. The predicted octanol–water partition coefficient (Wildman–Crippen LogP) is -0.850. The van der Waals surface area contributed by atoms with Gasteiger partial charge in [-0.15, -0.1) is 0 Å². The van der Waals surface area contributed by atoms with Crippen LogP contribution in [0.4, 0.5) is 0 Å². The zero-order valence-electron chi connectivity index (χ0n) is 19.9. The van der Waals surface area contributed by atoms with Crippen LogP contribution in [0.2, 0.25) is 0 Å². The van der Waals surface area contributed by atoms with Crippen molar-refractivity contribution >= 4 is 29.4 Å². The van der Waals surface area contributed by atoms with Gasteiger partial charge in [-0.05, 0) is 17.5 Å². The van der Waals surface area contributed by atoms with Gasteiger partial charge in [0.15, 0.2) is 0 Å². The molecule has 22 heteroatoms. The SMILES string of the molecule is N[C@@H](Cc1ccc(-c2cn([C@H]3C[C@H](O)[C@@H](COP(=O)(O)OP(=O)(O)OP(=O)(O)O)O3)c(=O)[nH]c2=O)cc1)C(=O)O. The Kier molecular flexibility index (Phi) is 9.86. The van der Waals surface area contributed by atoms with E-state index in [0.29, 0.717) is 11.1 Å². The van der Waals surface area contributed by atoms with Crippen LogP contribution in [0, 0.1) is 0 Å². The van der Waals surface area contributed by atoms with Crippen molar-refractivity contribution in [3.8, 4) is 11.1 Å². The summed E-state index contributed by atoms with van der Waals surface area (Å²) in [5.74, 6) is -1.19. The van der Waals surface area contributed by atoms with Crippen molar-refractivity contribution in [2.75, 3.05) is 6.61 Å². The number of aromatic nitrogens is 2. The van der Waals surface area contributed by atoms with Crippen LogP contribution in [0.15, 0.2) is 40.1 Å². The third-order valence-corrected chi connectivity index (χ3v) is 9.14. The molecule has 9 N–H and O–H groups in total. The van der Waals surface area contributed by atoms with Gasteiger partial charge in [0.2, 0.25) is 0 Å². The molecule has 0 spiro atoms. The fourth-order valence-electron chi connectivity index (χ4n) is 3.57. The summed E-state index contributed by atoms with van der Waals surface area (Å²) in [5.41, 5.74) is 4.74. The van der Waals surface area contributed by atoms with Crippen LogP contribution in [-0.2, 0) is 42.8 Å². The predicted molar refractivity (Wildman–Crippen MR) is 130 cm³/mol. The van der Waals surface area contributed by atoms with Gasteiger partial charge in [0, 0.05) is 12.6 Å². The third-order valence-electron chi connectivity index (χ3n) is 5.34. The largest absolute Gasteiger partial charge is 0.490 e.